The molecule has 0 radical (unpaired) electrons. The molecule has 3 rings (SSSR count). The number of aromatic nitrogens is 2. The number of nitrogens with zero attached hydrogens (tertiary/aromatic N) is 2. The number of fused-ring (bicyclic) bond motifs is 1. The van der Waals surface area contributed by atoms with Gasteiger partial charge in [0.2, 0.25) is 0 Å². The van der Waals surface area contributed by atoms with E-state index in [4.69, 9.17) is 0 Å². The van der Waals surface area contributed by atoms with Gasteiger partial charge in [0.25, 0.3) is 0 Å². The average Bonchev–Trinajstić information content (AvgIpc) is 2.86. The van der Waals surface area contributed by atoms with E-state index in [2.05, 4.69) is 17.3 Å². The fraction of sp³-hybridized carbons (Fsp3) is 0.400. The van der Waals surface area contributed by atoms with E-state index in [-0.39, 0.29) is 0 Å². The topological polar surface area (TPSA) is 50.1 Å². The number of rotatable bonds is 2. The number of aromatic hydroxyl groups is 1. The molecule has 2 aromatic rings. The third kappa shape index (κ3) is 1.97. The average molecular weight is 257 g/mol. The lowest BCUT2D eigenvalue weighted by atomic mass is 10.1. The summed E-state index contributed by atoms with van der Waals surface area (Å²) in [6, 6.07) is 5.98. The lowest BCUT2D eigenvalue weighted by Crippen LogP contribution is -2.08. The van der Waals surface area contributed by atoms with Gasteiger partial charge in [0.15, 0.2) is 0 Å². The molecular weight excluding hydrogens is 238 g/mol. The van der Waals surface area contributed by atoms with Crippen molar-refractivity contribution in [1.29, 1.82) is 0 Å². The first-order valence-electron chi connectivity index (χ1n) is 6.65. The molecule has 4 nitrogen and oxygen atoms in total. The molecule has 1 aliphatic rings. The second kappa shape index (κ2) is 4.30. The van der Waals surface area contributed by atoms with Gasteiger partial charge in [-0.1, -0.05) is 6.07 Å². The quantitative estimate of drug-likeness (QED) is 0.869. The first kappa shape index (κ1) is 12.1. The molecule has 1 aromatic heterocycles. The van der Waals surface area contributed by atoms with Gasteiger partial charge in [0.05, 0.1) is 23.1 Å². The molecule has 19 heavy (non-hydrogen) atoms. The molecule has 0 aliphatic heterocycles. The summed E-state index contributed by atoms with van der Waals surface area (Å²) in [6.45, 7) is 4.11. The highest BCUT2D eigenvalue weighted by molar-refractivity contribution is 5.55. The third-order valence-electron chi connectivity index (χ3n) is 4.03. The zero-order valence-electron chi connectivity index (χ0n) is 11.6. The van der Waals surface area contributed by atoms with E-state index in [1.807, 2.05) is 30.8 Å². The Labute approximate surface area is 113 Å². The third-order valence-corrected chi connectivity index (χ3v) is 4.03. The van der Waals surface area contributed by atoms with E-state index in [1.165, 1.54) is 11.1 Å². The summed E-state index contributed by atoms with van der Waals surface area (Å²) in [5.41, 5.74) is 5.86. The van der Waals surface area contributed by atoms with Gasteiger partial charge < -0.3 is 10.4 Å². The second-order valence-corrected chi connectivity index (χ2v) is 5.29. The Balaban J connectivity index is 1.91. The summed E-state index contributed by atoms with van der Waals surface area (Å²) >= 11 is 0. The van der Waals surface area contributed by atoms with Gasteiger partial charge in [-0.05, 0) is 49.9 Å². The minimum Gasteiger partial charge on any atom is -0.508 e. The summed E-state index contributed by atoms with van der Waals surface area (Å²) < 4.78 is 1.91. The normalized spacial score (nSPS) is 17.5. The molecule has 0 fully saturated rings. The fourth-order valence-corrected chi connectivity index (χ4v) is 2.91. The molecule has 1 unspecified atom stereocenters. The Bertz CT molecular complexity index is 631. The van der Waals surface area contributed by atoms with E-state index in [0.717, 1.165) is 29.9 Å². The zero-order chi connectivity index (χ0) is 13.6. The van der Waals surface area contributed by atoms with Crippen molar-refractivity contribution in [2.75, 3.05) is 5.32 Å². The minimum atomic E-state index is 0.317. The molecule has 4 heteroatoms. The van der Waals surface area contributed by atoms with Crippen LogP contribution in [0.2, 0.25) is 0 Å². The summed E-state index contributed by atoms with van der Waals surface area (Å²) in [6.07, 6.45) is 2.08. The SMILES string of the molecule is Cc1nn(C)c(C)c1NC1CCc2cc(O)ccc21. The monoisotopic (exact) mass is 257 g/mol. The maximum absolute atomic E-state index is 9.53. The standard InChI is InChI=1S/C15H19N3O/c1-9-15(10(2)18(3)17-9)16-14-7-4-11-8-12(19)5-6-13(11)14/h5-6,8,14,16,19H,4,7H2,1-3H3. The van der Waals surface area contributed by atoms with Crippen molar-refractivity contribution in [3.05, 3.63) is 40.7 Å². The van der Waals surface area contributed by atoms with Gasteiger partial charge >= 0.3 is 0 Å². The molecule has 0 amide bonds. The summed E-state index contributed by atoms with van der Waals surface area (Å²) in [5.74, 6) is 0.355. The molecule has 2 N–H and O–H groups in total. The highest BCUT2D eigenvalue weighted by Gasteiger charge is 2.24. The number of hydrogen-bond acceptors (Lipinski definition) is 3. The van der Waals surface area contributed by atoms with Gasteiger partial charge in [0.1, 0.15) is 5.75 Å². The smallest absolute Gasteiger partial charge is 0.115 e. The lowest BCUT2D eigenvalue weighted by molar-refractivity contribution is 0.474. The first-order chi connectivity index (χ1) is 9.06. The molecule has 0 saturated carbocycles. The number of aryl methyl sites for hydroxylation is 3. The summed E-state index contributed by atoms with van der Waals surface area (Å²) in [4.78, 5) is 0. The highest BCUT2D eigenvalue weighted by Crippen LogP contribution is 2.36. The number of phenolic OH excluding ortho intramolecular Hbond substituents is 1. The van der Waals surface area contributed by atoms with Gasteiger partial charge in [-0.2, -0.15) is 5.10 Å². The van der Waals surface area contributed by atoms with Crippen molar-refractivity contribution in [2.24, 2.45) is 7.05 Å². The molecule has 0 spiro atoms. The van der Waals surface area contributed by atoms with E-state index in [9.17, 15) is 5.11 Å². The Morgan fingerprint density at radius 3 is 2.84 bits per heavy atom. The predicted octanol–water partition coefficient (Wildman–Crippen LogP) is 2.84. The van der Waals surface area contributed by atoms with Crippen molar-refractivity contribution in [1.82, 2.24) is 9.78 Å². The number of hydrogen-bond donors (Lipinski definition) is 2. The molecule has 1 atom stereocenters. The van der Waals surface area contributed by atoms with Crippen LogP contribution in [-0.2, 0) is 13.5 Å². The van der Waals surface area contributed by atoms with Gasteiger partial charge in [-0.15, -0.1) is 0 Å². The predicted molar refractivity (Wildman–Crippen MR) is 75.5 cm³/mol. The largest absolute Gasteiger partial charge is 0.508 e. The molecular formula is C15H19N3O. The van der Waals surface area contributed by atoms with Crippen LogP contribution in [0.15, 0.2) is 18.2 Å². The Kier molecular flexibility index (Phi) is 2.73. The van der Waals surface area contributed by atoms with E-state index in [0.29, 0.717) is 11.8 Å². The summed E-state index contributed by atoms with van der Waals surface area (Å²) in [7, 11) is 1.97. The molecule has 100 valence electrons. The van der Waals surface area contributed by atoms with E-state index in [1.54, 1.807) is 6.07 Å². The Morgan fingerprint density at radius 1 is 1.37 bits per heavy atom. The van der Waals surface area contributed by atoms with Crippen LogP contribution in [0.25, 0.3) is 0 Å². The maximum atomic E-state index is 9.53. The number of phenols is 1. The van der Waals surface area contributed by atoms with Crippen LogP contribution in [0.3, 0.4) is 0 Å². The van der Waals surface area contributed by atoms with Crippen LogP contribution in [0.1, 0.15) is 35.0 Å². The van der Waals surface area contributed by atoms with Crippen LogP contribution < -0.4 is 5.32 Å². The van der Waals surface area contributed by atoms with Crippen molar-refractivity contribution >= 4 is 5.69 Å². The molecule has 1 aliphatic carbocycles. The van der Waals surface area contributed by atoms with Crippen LogP contribution in [-0.4, -0.2) is 14.9 Å². The molecule has 0 saturated heterocycles. The maximum Gasteiger partial charge on any atom is 0.115 e. The van der Waals surface area contributed by atoms with Crippen LogP contribution in [0.4, 0.5) is 5.69 Å². The van der Waals surface area contributed by atoms with Crippen molar-refractivity contribution in [3.8, 4) is 5.75 Å². The minimum absolute atomic E-state index is 0.317. The number of anilines is 1. The Hall–Kier alpha value is -1.97. The summed E-state index contributed by atoms with van der Waals surface area (Å²) in [5, 5.41) is 17.6. The second-order valence-electron chi connectivity index (χ2n) is 5.29. The highest BCUT2D eigenvalue weighted by atomic mass is 16.3. The van der Waals surface area contributed by atoms with Crippen LogP contribution in [0.5, 0.6) is 5.75 Å². The molecule has 1 aromatic carbocycles. The van der Waals surface area contributed by atoms with Crippen LogP contribution >= 0.6 is 0 Å². The lowest BCUT2D eigenvalue weighted by Gasteiger charge is -2.16. The van der Waals surface area contributed by atoms with Crippen molar-refractivity contribution in [3.63, 3.8) is 0 Å². The fourth-order valence-electron chi connectivity index (χ4n) is 2.91. The van der Waals surface area contributed by atoms with E-state index >= 15 is 0 Å². The molecule has 1 heterocycles. The number of benzene rings is 1. The Morgan fingerprint density at radius 2 is 2.16 bits per heavy atom. The van der Waals surface area contributed by atoms with Crippen LogP contribution in [0, 0.1) is 13.8 Å². The molecule has 0 bridgehead atoms. The first-order valence-corrected chi connectivity index (χ1v) is 6.65. The zero-order valence-corrected chi connectivity index (χ0v) is 11.6. The van der Waals surface area contributed by atoms with Gasteiger partial charge in [-0.3, -0.25) is 4.68 Å². The number of nitrogens with one attached hydrogen (secondary N) is 1. The van der Waals surface area contributed by atoms with Crippen molar-refractivity contribution in [2.45, 2.75) is 32.7 Å². The van der Waals surface area contributed by atoms with Gasteiger partial charge in [-0.25, -0.2) is 0 Å². The van der Waals surface area contributed by atoms with Gasteiger partial charge in [0, 0.05) is 7.05 Å². The van der Waals surface area contributed by atoms with Crippen molar-refractivity contribution < 1.29 is 5.11 Å². The van der Waals surface area contributed by atoms with E-state index < -0.39 is 0 Å².